The van der Waals surface area contributed by atoms with E-state index in [0.717, 1.165) is 11.3 Å². The van der Waals surface area contributed by atoms with E-state index < -0.39 is 10.0 Å². The number of fused-ring (bicyclic) bond motifs is 1. The van der Waals surface area contributed by atoms with Crippen molar-refractivity contribution in [1.82, 2.24) is 4.72 Å². The SMILES string of the molecule is CCC(=O)N1CCc2cc(S(=O)(=O)NCCCOC(C)C)ccc21. The molecular formula is C17H26N2O4S. The van der Waals surface area contributed by atoms with Crippen LogP contribution in [0.4, 0.5) is 5.69 Å². The lowest BCUT2D eigenvalue weighted by Gasteiger charge is -2.16. The number of carbonyl (C=O) groups excluding carboxylic acids is 1. The molecule has 24 heavy (non-hydrogen) atoms. The molecule has 0 atom stereocenters. The molecule has 1 heterocycles. The number of hydrogen-bond acceptors (Lipinski definition) is 4. The molecule has 0 saturated carbocycles. The summed E-state index contributed by atoms with van der Waals surface area (Å²) >= 11 is 0. The summed E-state index contributed by atoms with van der Waals surface area (Å²) in [5.74, 6) is 0.0626. The Labute approximate surface area is 144 Å². The smallest absolute Gasteiger partial charge is 0.240 e. The Hall–Kier alpha value is -1.44. The lowest BCUT2D eigenvalue weighted by molar-refractivity contribution is -0.118. The van der Waals surface area contributed by atoms with Crippen molar-refractivity contribution in [3.8, 4) is 0 Å². The highest BCUT2D eigenvalue weighted by Crippen LogP contribution is 2.30. The lowest BCUT2D eigenvalue weighted by atomic mass is 10.2. The van der Waals surface area contributed by atoms with E-state index in [1.165, 1.54) is 0 Å². The van der Waals surface area contributed by atoms with Crippen LogP contribution in [0.2, 0.25) is 0 Å². The fourth-order valence-corrected chi connectivity index (χ4v) is 3.80. The second kappa shape index (κ2) is 8.09. The molecule has 7 heteroatoms. The Morgan fingerprint density at radius 1 is 1.38 bits per heavy atom. The van der Waals surface area contributed by atoms with E-state index in [1.54, 1.807) is 23.1 Å². The first kappa shape index (κ1) is 18.9. The summed E-state index contributed by atoms with van der Waals surface area (Å²) in [4.78, 5) is 13.9. The summed E-state index contributed by atoms with van der Waals surface area (Å²) in [7, 11) is -3.53. The molecule has 6 nitrogen and oxygen atoms in total. The van der Waals surface area contributed by atoms with Gasteiger partial charge in [0.2, 0.25) is 15.9 Å². The van der Waals surface area contributed by atoms with Gasteiger partial charge in [0.25, 0.3) is 0 Å². The quantitative estimate of drug-likeness (QED) is 0.725. The van der Waals surface area contributed by atoms with E-state index in [2.05, 4.69) is 4.72 Å². The predicted octanol–water partition coefficient (Wildman–Crippen LogP) is 2.08. The topological polar surface area (TPSA) is 75.7 Å². The summed E-state index contributed by atoms with van der Waals surface area (Å²) in [6, 6.07) is 4.96. The summed E-state index contributed by atoms with van der Waals surface area (Å²) in [6.45, 7) is 7.20. The highest BCUT2D eigenvalue weighted by molar-refractivity contribution is 7.89. The zero-order chi connectivity index (χ0) is 17.7. The molecule has 2 rings (SSSR count). The van der Waals surface area contributed by atoms with Crippen LogP contribution in [0.15, 0.2) is 23.1 Å². The number of amides is 1. The number of carbonyl (C=O) groups is 1. The van der Waals surface area contributed by atoms with Gasteiger partial charge in [-0.3, -0.25) is 4.79 Å². The number of anilines is 1. The average Bonchev–Trinajstić information content (AvgIpc) is 2.96. The molecule has 0 bridgehead atoms. The first-order chi connectivity index (χ1) is 11.3. The number of benzene rings is 1. The Balaban J connectivity index is 2.01. The molecule has 0 aliphatic carbocycles. The van der Waals surface area contributed by atoms with E-state index in [9.17, 15) is 13.2 Å². The number of rotatable bonds is 8. The molecule has 134 valence electrons. The third kappa shape index (κ3) is 4.55. The zero-order valence-electron chi connectivity index (χ0n) is 14.5. The maximum Gasteiger partial charge on any atom is 0.240 e. The lowest BCUT2D eigenvalue weighted by Crippen LogP contribution is -2.28. The summed E-state index contributed by atoms with van der Waals surface area (Å²) in [6.07, 6.45) is 1.90. The highest BCUT2D eigenvalue weighted by Gasteiger charge is 2.25. The number of hydrogen-bond donors (Lipinski definition) is 1. The Kier molecular flexibility index (Phi) is 6.37. The molecule has 0 fully saturated rings. The van der Waals surface area contributed by atoms with Crippen LogP contribution < -0.4 is 9.62 Å². The summed E-state index contributed by atoms with van der Waals surface area (Å²) in [5.41, 5.74) is 1.73. The number of nitrogens with zero attached hydrogens (tertiary/aromatic N) is 1. The van der Waals surface area contributed by atoms with Gasteiger partial charge in [0.05, 0.1) is 11.0 Å². The van der Waals surface area contributed by atoms with Gasteiger partial charge in [-0.15, -0.1) is 0 Å². The van der Waals surface area contributed by atoms with Gasteiger partial charge in [0.1, 0.15) is 0 Å². The molecule has 0 saturated heterocycles. The van der Waals surface area contributed by atoms with Crippen LogP contribution in [-0.4, -0.2) is 40.1 Å². The van der Waals surface area contributed by atoms with E-state index >= 15 is 0 Å². The van der Waals surface area contributed by atoms with Gasteiger partial charge >= 0.3 is 0 Å². The van der Waals surface area contributed by atoms with Crippen molar-refractivity contribution >= 4 is 21.6 Å². The van der Waals surface area contributed by atoms with Crippen molar-refractivity contribution in [3.63, 3.8) is 0 Å². The van der Waals surface area contributed by atoms with Crippen LogP contribution in [0.5, 0.6) is 0 Å². The number of nitrogens with one attached hydrogen (secondary N) is 1. The fraction of sp³-hybridized carbons (Fsp3) is 0.588. The third-order valence-corrected chi connectivity index (χ3v) is 5.38. The van der Waals surface area contributed by atoms with Crippen molar-refractivity contribution in [2.45, 2.75) is 51.0 Å². The molecule has 1 aromatic carbocycles. The van der Waals surface area contributed by atoms with Crippen molar-refractivity contribution in [3.05, 3.63) is 23.8 Å². The number of ether oxygens (including phenoxy) is 1. The van der Waals surface area contributed by atoms with Crippen LogP contribution in [0, 0.1) is 0 Å². The van der Waals surface area contributed by atoms with Crippen LogP contribution >= 0.6 is 0 Å². The largest absolute Gasteiger partial charge is 0.379 e. The van der Waals surface area contributed by atoms with E-state index in [1.807, 2.05) is 20.8 Å². The third-order valence-electron chi connectivity index (χ3n) is 3.92. The minimum atomic E-state index is -3.53. The molecule has 0 unspecified atom stereocenters. The monoisotopic (exact) mass is 354 g/mol. The summed E-state index contributed by atoms with van der Waals surface area (Å²) in [5, 5.41) is 0. The van der Waals surface area contributed by atoms with Gasteiger partial charge in [-0.1, -0.05) is 6.92 Å². The van der Waals surface area contributed by atoms with Crippen molar-refractivity contribution in [2.75, 3.05) is 24.6 Å². The maximum atomic E-state index is 12.4. The van der Waals surface area contributed by atoms with E-state index in [0.29, 0.717) is 39.0 Å². The minimum Gasteiger partial charge on any atom is -0.379 e. The molecule has 1 amide bonds. The first-order valence-electron chi connectivity index (χ1n) is 8.39. The van der Waals surface area contributed by atoms with Gasteiger partial charge < -0.3 is 9.64 Å². The minimum absolute atomic E-state index is 0.0626. The van der Waals surface area contributed by atoms with Crippen LogP contribution in [0.25, 0.3) is 0 Å². The van der Waals surface area contributed by atoms with Crippen LogP contribution in [0.1, 0.15) is 39.2 Å². The second-order valence-electron chi connectivity index (χ2n) is 6.11. The Morgan fingerprint density at radius 3 is 2.79 bits per heavy atom. The normalized spacial score (nSPS) is 14.2. The number of sulfonamides is 1. The first-order valence-corrected chi connectivity index (χ1v) is 9.88. The molecule has 1 aliphatic heterocycles. The van der Waals surface area contributed by atoms with Gasteiger partial charge in [-0.25, -0.2) is 13.1 Å². The zero-order valence-corrected chi connectivity index (χ0v) is 15.4. The molecule has 0 spiro atoms. The second-order valence-corrected chi connectivity index (χ2v) is 7.88. The predicted molar refractivity (Wildman–Crippen MR) is 93.7 cm³/mol. The molecular weight excluding hydrogens is 328 g/mol. The van der Waals surface area contributed by atoms with Gasteiger partial charge in [0, 0.05) is 31.8 Å². The van der Waals surface area contributed by atoms with Gasteiger partial charge in [-0.2, -0.15) is 0 Å². The van der Waals surface area contributed by atoms with Gasteiger partial charge in [0.15, 0.2) is 0 Å². The average molecular weight is 354 g/mol. The van der Waals surface area contributed by atoms with Crippen molar-refractivity contribution in [1.29, 1.82) is 0 Å². The molecule has 1 aromatic rings. The Bertz CT molecular complexity index is 686. The van der Waals surface area contributed by atoms with Gasteiger partial charge in [-0.05, 0) is 50.5 Å². The van der Waals surface area contributed by atoms with Crippen LogP contribution in [-0.2, 0) is 26.0 Å². The molecule has 0 radical (unpaired) electrons. The summed E-state index contributed by atoms with van der Waals surface area (Å²) < 4.78 is 32.7. The Morgan fingerprint density at radius 2 is 2.12 bits per heavy atom. The highest BCUT2D eigenvalue weighted by atomic mass is 32.2. The van der Waals surface area contributed by atoms with Crippen molar-refractivity contribution < 1.29 is 17.9 Å². The van der Waals surface area contributed by atoms with E-state index in [4.69, 9.17) is 4.74 Å². The van der Waals surface area contributed by atoms with E-state index in [-0.39, 0.29) is 16.9 Å². The van der Waals surface area contributed by atoms with Crippen molar-refractivity contribution in [2.24, 2.45) is 0 Å². The van der Waals surface area contributed by atoms with Crippen LogP contribution in [0.3, 0.4) is 0 Å². The standard InChI is InChI=1S/C17H26N2O4S/c1-4-17(20)19-10-8-14-12-15(6-7-16(14)19)24(21,22)18-9-5-11-23-13(2)3/h6-7,12-13,18H,4-5,8-11H2,1-3H3. The maximum absolute atomic E-state index is 12.4. The molecule has 1 N–H and O–H groups in total. The molecule has 1 aliphatic rings. The fourth-order valence-electron chi connectivity index (χ4n) is 2.68. The molecule has 0 aromatic heterocycles.